The molecule has 0 aliphatic heterocycles. The second-order valence-corrected chi connectivity index (χ2v) is 8.00. The van der Waals surface area contributed by atoms with Gasteiger partial charge in [-0.25, -0.2) is 0 Å². The second kappa shape index (κ2) is 14.3. The highest BCUT2D eigenvalue weighted by Gasteiger charge is 2.09. The number of ether oxygens (including phenoxy) is 5. The summed E-state index contributed by atoms with van der Waals surface area (Å²) in [5.41, 5.74) is 2.91. The van der Waals surface area contributed by atoms with Crippen molar-refractivity contribution in [2.45, 2.75) is 6.42 Å². The van der Waals surface area contributed by atoms with E-state index < -0.39 is 0 Å². The quantitative estimate of drug-likeness (QED) is 0.186. The molecule has 0 saturated carbocycles. The van der Waals surface area contributed by atoms with E-state index in [1.54, 1.807) is 12.4 Å². The lowest BCUT2D eigenvalue weighted by Gasteiger charge is -2.12. The van der Waals surface area contributed by atoms with Crippen molar-refractivity contribution in [2.75, 3.05) is 59.5 Å². The van der Waals surface area contributed by atoms with Gasteiger partial charge in [-0.2, -0.15) is 0 Å². The van der Waals surface area contributed by atoms with Crippen LogP contribution in [0.2, 0.25) is 0 Å². The SMILES string of the molecule is OCCOCCOCCOCCOc1ccc(CCOc2cc3cccnc3c3ncccc23)cc1. The Bertz CT molecular complexity index is 1200. The number of hydrogen-bond acceptors (Lipinski definition) is 8. The van der Waals surface area contributed by atoms with Gasteiger partial charge >= 0.3 is 0 Å². The Morgan fingerprint density at radius 2 is 1.31 bits per heavy atom. The predicted molar refractivity (Wildman–Crippen MR) is 138 cm³/mol. The first kappa shape index (κ1) is 25.8. The maximum Gasteiger partial charge on any atom is 0.129 e. The molecule has 2 aromatic carbocycles. The Labute approximate surface area is 210 Å². The van der Waals surface area contributed by atoms with Gasteiger partial charge in [0.15, 0.2) is 0 Å². The molecule has 2 aromatic heterocycles. The summed E-state index contributed by atoms with van der Waals surface area (Å²) in [5, 5.41) is 10.6. The van der Waals surface area contributed by atoms with Crippen molar-refractivity contribution in [3.8, 4) is 11.5 Å². The molecule has 1 N–H and O–H groups in total. The molecule has 0 aliphatic rings. The molecule has 0 spiro atoms. The van der Waals surface area contributed by atoms with Crippen LogP contribution in [-0.2, 0) is 20.6 Å². The topological polar surface area (TPSA) is 92.2 Å². The molecular weight excluding hydrogens is 460 g/mol. The lowest BCUT2D eigenvalue weighted by atomic mass is 10.1. The molecule has 0 aliphatic carbocycles. The van der Waals surface area contributed by atoms with E-state index >= 15 is 0 Å². The largest absolute Gasteiger partial charge is 0.493 e. The Morgan fingerprint density at radius 3 is 2.06 bits per heavy atom. The zero-order valence-electron chi connectivity index (χ0n) is 20.3. The molecule has 0 atom stereocenters. The van der Waals surface area contributed by atoms with Crippen molar-refractivity contribution >= 4 is 21.8 Å². The minimum atomic E-state index is 0.0281. The fourth-order valence-electron chi connectivity index (χ4n) is 3.72. The van der Waals surface area contributed by atoms with Crippen molar-refractivity contribution in [2.24, 2.45) is 0 Å². The summed E-state index contributed by atoms with van der Waals surface area (Å²) < 4.78 is 27.9. The normalized spacial score (nSPS) is 11.2. The summed E-state index contributed by atoms with van der Waals surface area (Å²) in [6, 6.07) is 17.9. The molecule has 0 fully saturated rings. The van der Waals surface area contributed by atoms with Gasteiger partial charge in [0.05, 0.1) is 58.4 Å². The maximum absolute atomic E-state index is 8.61. The predicted octanol–water partition coefficient (Wildman–Crippen LogP) is 3.83. The molecule has 4 aromatic rings. The number of fused-ring (bicyclic) bond motifs is 3. The summed E-state index contributed by atoms with van der Waals surface area (Å²) in [5.74, 6) is 1.62. The summed E-state index contributed by atoms with van der Waals surface area (Å²) in [7, 11) is 0. The van der Waals surface area contributed by atoms with Crippen LogP contribution >= 0.6 is 0 Å². The van der Waals surface area contributed by atoms with Gasteiger partial charge in [0.2, 0.25) is 0 Å². The van der Waals surface area contributed by atoms with Crippen LogP contribution in [0.5, 0.6) is 11.5 Å². The van der Waals surface area contributed by atoms with E-state index in [1.807, 2.05) is 42.5 Å². The van der Waals surface area contributed by atoms with Gasteiger partial charge in [0, 0.05) is 29.6 Å². The Morgan fingerprint density at radius 1 is 0.639 bits per heavy atom. The minimum absolute atomic E-state index is 0.0281. The van der Waals surface area contributed by atoms with E-state index in [0.29, 0.717) is 52.9 Å². The number of pyridine rings is 2. The first-order valence-corrected chi connectivity index (χ1v) is 12.2. The van der Waals surface area contributed by atoms with E-state index in [4.69, 9.17) is 28.8 Å². The maximum atomic E-state index is 8.61. The van der Waals surface area contributed by atoms with Crippen LogP contribution in [0, 0.1) is 0 Å². The highest BCUT2D eigenvalue weighted by atomic mass is 16.6. The van der Waals surface area contributed by atoms with Crippen molar-refractivity contribution in [3.05, 3.63) is 72.6 Å². The lowest BCUT2D eigenvalue weighted by molar-refractivity contribution is 0.00361. The number of aromatic nitrogens is 2. The standard InChI is InChI=1S/C28H32N2O6/c31-12-14-32-15-16-33-17-18-34-19-20-35-24-7-5-22(6-8-24)9-13-36-26-21-23-3-1-10-29-27(23)28-25(26)4-2-11-30-28/h1-8,10-11,21,31H,9,12-20H2. The van der Waals surface area contributed by atoms with E-state index in [-0.39, 0.29) is 6.61 Å². The van der Waals surface area contributed by atoms with Crippen LogP contribution in [0.4, 0.5) is 0 Å². The lowest BCUT2D eigenvalue weighted by Crippen LogP contribution is -2.13. The first-order valence-electron chi connectivity index (χ1n) is 12.2. The number of benzene rings is 2. The summed E-state index contributed by atoms with van der Waals surface area (Å²) in [4.78, 5) is 9.01. The van der Waals surface area contributed by atoms with Gasteiger partial charge < -0.3 is 28.8 Å². The Kier molecular flexibility index (Phi) is 10.2. The van der Waals surface area contributed by atoms with Crippen molar-refractivity contribution < 1.29 is 28.8 Å². The molecule has 190 valence electrons. The fraction of sp³-hybridized carbons (Fsp3) is 0.357. The summed E-state index contributed by atoms with van der Waals surface area (Å²) in [6.07, 6.45) is 4.35. The highest BCUT2D eigenvalue weighted by Crippen LogP contribution is 2.31. The molecular formula is C28H32N2O6. The molecule has 4 rings (SSSR count). The van der Waals surface area contributed by atoms with Gasteiger partial charge in [-0.3, -0.25) is 9.97 Å². The molecule has 8 nitrogen and oxygen atoms in total. The molecule has 36 heavy (non-hydrogen) atoms. The summed E-state index contributed by atoms with van der Waals surface area (Å²) in [6.45, 7) is 3.85. The zero-order chi connectivity index (χ0) is 24.8. The van der Waals surface area contributed by atoms with E-state index in [1.165, 1.54) is 5.56 Å². The van der Waals surface area contributed by atoms with Gasteiger partial charge in [-0.1, -0.05) is 18.2 Å². The molecule has 0 saturated heterocycles. The molecule has 8 heteroatoms. The number of rotatable bonds is 16. The third-order valence-electron chi connectivity index (χ3n) is 5.47. The molecule has 0 bridgehead atoms. The minimum Gasteiger partial charge on any atom is -0.493 e. The van der Waals surface area contributed by atoms with Gasteiger partial charge in [-0.15, -0.1) is 0 Å². The fourth-order valence-corrected chi connectivity index (χ4v) is 3.72. The van der Waals surface area contributed by atoms with Crippen LogP contribution < -0.4 is 9.47 Å². The van der Waals surface area contributed by atoms with Crippen LogP contribution in [0.15, 0.2) is 67.0 Å². The van der Waals surface area contributed by atoms with Crippen molar-refractivity contribution in [1.82, 2.24) is 9.97 Å². The molecule has 2 heterocycles. The van der Waals surface area contributed by atoms with Crippen molar-refractivity contribution in [1.29, 1.82) is 0 Å². The van der Waals surface area contributed by atoms with Gasteiger partial charge in [0.25, 0.3) is 0 Å². The average Bonchev–Trinajstić information content (AvgIpc) is 2.92. The van der Waals surface area contributed by atoms with Gasteiger partial charge in [0.1, 0.15) is 23.6 Å². The van der Waals surface area contributed by atoms with Crippen LogP contribution in [0.1, 0.15) is 5.56 Å². The van der Waals surface area contributed by atoms with E-state index in [0.717, 1.165) is 39.7 Å². The van der Waals surface area contributed by atoms with Crippen LogP contribution in [-0.4, -0.2) is 74.5 Å². The number of nitrogens with zero attached hydrogens (tertiary/aromatic N) is 2. The molecule has 0 unspecified atom stereocenters. The monoisotopic (exact) mass is 492 g/mol. The Balaban J connectivity index is 1.16. The molecule has 0 radical (unpaired) electrons. The van der Waals surface area contributed by atoms with Gasteiger partial charge in [-0.05, 0) is 42.0 Å². The number of aliphatic hydroxyl groups is 1. The zero-order valence-corrected chi connectivity index (χ0v) is 20.3. The number of hydrogen-bond donors (Lipinski definition) is 1. The van der Waals surface area contributed by atoms with Crippen molar-refractivity contribution in [3.63, 3.8) is 0 Å². The van der Waals surface area contributed by atoms with E-state index in [2.05, 4.69) is 22.1 Å². The summed E-state index contributed by atoms with van der Waals surface area (Å²) >= 11 is 0. The third-order valence-corrected chi connectivity index (χ3v) is 5.47. The Hall–Kier alpha value is -3.30. The van der Waals surface area contributed by atoms with Crippen LogP contribution in [0.25, 0.3) is 21.8 Å². The average molecular weight is 493 g/mol. The molecule has 0 amide bonds. The third kappa shape index (κ3) is 7.60. The van der Waals surface area contributed by atoms with Crippen LogP contribution in [0.3, 0.4) is 0 Å². The second-order valence-electron chi connectivity index (χ2n) is 8.00. The number of aliphatic hydroxyl groups excluding tert-OH is 1. The van der Waals surface area contributed by atoms with E-state index in [9.17, 15) is 0 Å². The smallest absolute Gasteiger partial charge is 0.129 e. The highest BCUT2D eigenvalue weighted by molar-refractivity contribution is 6.05. The first-order chi connectivity index (χ1) is 17.8.